The van der Waals surface area contributed by atoms with Gasteiger partial charge in [-0.05, 0) is 44.9 Å². The highest BCUT2D eigenvalue weighted by Gasteiger charge is 2.16. The predicted octanol–water partition coefficient (Wildman–Crippen LogP) is 2.95. The van der Waals surface area contributed by atoms with Gasteiger partial charge < -0.3 is 9.08 Å². The molecule has 0 aliphatic rings. The molecule has 5 nitrogen and oxygen atoms in total. The van der Waals surface area contributed by atoms with Crippen molar-refractivity contribution in [2.75, 3.05) is 5.75 Å². The zero-order chi connectivity index (χ0) is 16.8. The third-order valence-corrected chi connectivity index (χ3v) is 4.41. The monoisotopic (exact) mass is 327 g/mol. The third kappa shape index (κ3) is 5.67. The number of amides is 1. The van der Waals surface area contributed by atoms with Gasteiger partial charge in [-0.1, -0.05) is 19.1 Å². The fourth-order valence-corrected chi connectivity index (χ4v) is 2.49. The van der Waals surface area contributed by atoms with Crippen molar-refractivity contribution in [2.45, 2.75) is 53.1 Å². The van der Waals surface area contributed by atoms with Crippen LogP contribution in [0.2, 0.25) is 0 Å². The molecule has 22 heavy (non-hydrogen) atoms. The molecule has 1 amide bonds. The molecule has 1 aromatic rings. The van der Waals surface area contributed by atoms with Crippen LogP contribution in [0, 0.1) is 0 Å². The van der Waals surface area contributed by atoms with Crippen LogP contribution in [0.15, 0.2) is 24.3 Å². The topological polar surface area (TPSA) is 63.7 Å². The fourth-order valence-electron chi connectivity index (χ4n) is 1.97. The summed E-state index contributed by atoms with van der Waals surface area (Å²) in [5.41, 5.74) is 0.944. The number of hydrogen-bond donors (Lipinski definition) is 0. The van der Waals surface area contributed by atoms with Crippen molar-refractivity contribution in [3.05, 3.63) is 29.8 Å². The molecule has 0 N–H and O–H groups in total. The summed E-state index contributed by atoms with van der Waals surface area (Å²) in [6.07, 6.45) is 1.36. The van der Waals surface area contributed by atoms with E-state index in [1.165, 1.54) is 6.92 Å². The highest BCUT2D eigenvalue weighted by atomic mass is 32.2. The van der Waals surface area contributed by atoms with E-state index in [1.54, 1.807) is 24.3 Å². The molecule has 0 aromatic heterocycles. The number of rotatable bonds is 8. The van der Waals surface area contributed by atoms with Gasteiger partial charge in [-0.2, -0.15) is 8.42 Å². The van der Waals surface area contributed by atoms with Crippen molar-refractivity contribution in [2.24, 2.45) is 0 Å². The number of nitrogens with zero attached hydrogens (tertiary/aromatic N) is 1. The number of carbonyl (C=O) groups excluding carboxylic acids is 1. The van der Waals surface area contributed by atoms with Crippen LogP contribution >= 0.6 is 0 Å². The van der Waals surface area contributed by atoms with Crippen LogP contribution in [0.1, 0.15) is 46.1 Å². The van der Waals surface area contributed by atoms with E-state index in [9.17, 15) is 13.2 Å². The van der Waals surface area contributed by atoms with E-state index in [2.05, 4.69) is 0 Å². The van der Waals surface area contributed by atoms with Crippen molar-refractivity contribution in [3.63, 3.8) is 0 Å². The van der Waals surface area contributed by atoms with Gasteiger partial charge in [0.2, 0.25) is 5.91 Å². The first-order chi connectivity index (χ1) is 10.3. The highest BCUT2D eigenvalue weighted by Crippen LogP contribution is 2.17. The van der Waals surface area contributed by atoms with E-state index in [4.69, 9.17) is 4.18 Å². The molecule has 0 aliphatic heterocycles. The lowest BCUT2D eigenvalue weighted by molar-refractivity contribution is -0.133. The Bertz CT molecular complexity index is 579. The molecule has 0 heterocycles. The molecule has 0 aliphatic carbocycles. The largest absolute Gasteiger partial charge is 0.382 e. The minimum atomic E-state index is -3.51. The summed E-state index contributed by atoms with van der Waals surface area (Å²) in [6, 6.07) is 6.93. The molecule has 124 valence electrons. The summed E-state index contributed by atoms with van der Waals surface area (Å²) >= 11 is 0. The first-order valence-corrected chi connectivity index (χ1v) is 9.17. The fraction of sp³-hybridized carbons (Fsp3) is 0.562. The maximum Gasteiger partial charge on any atom is 0.308 e. The van der Waals surface area contributed by atoms with Crippen molar-refractivity contribution in [1.82, 2.24) is 4.90 Å². The molecule has 0 saturated carbocycles. The van der Waals surface area contributed by atoms with Crippen LogP contribution in [-0.2, 0) is 21.5 Å². The highest BCUT2D eigenvalue weighted by molar-refractivity contribution is 7.87. The Balaban J connectivity index is 2.79. The van der Waals surface area contributed by atoms with Crippen LogP contribution < -0.4 is 4.18 Å². The maximum atomic E-state index is 12.1. The lowest BCUT2D eigenvalue weighted by atomic mass is 10.1. The molecule has 0 bridgehead atoms. The van der Waals surface area contributed by atoms with E-state index in [0.717, 1.165) is 12.0 Å². The summed E-state index contributed by atoms with van der Waals surface area (Å²) in [5, 5.41) is 0. The Morgan fingerprint density at radius 1 is 1.18 bits per heavy atom. The van der Waals surface area contributed by atoms with Gasteiger partial charge in [0, 0.05) is 19.0 Å². The Hall–Kier alpha value is -1.56. The molecule has 1 aromatic carbocycles. The second kappa shape index (κ2) is 8.17. The Labute approximate surface area is 133 Å². The minimum absolute atomic E-state index is 0.0681. The minimum Gasteiger partial charge on any atom is -0.382 e. The third-order valence-electron chi connectivity index (χ3n) is 3.26. The van der Waals surface area contributed by atoms with Crippen molar-refractivity contribution in [1.29, 1.82) is 0 Å². The molecule has 0 atom stereocenters. The van der Waals surface area contributed by atoms with Crippen LogP contribution in [0.3, 0.4) is 0 Å². The summed E-state index contributed by atoms with van der Waals surface area (Å²) in [6.45, 7) is 8.00. The van der Waals surface area contributed by atoms with Crippen LogP contribution in [-0.4, -0.2) is 31.0 Å². The standard InChI is InChI=1S/C16H25NO4S/c1-5-7-16(18)17(13(3)4)12-14-8-10-15(11-9-14)21-22(19,20)6-2/h8-11,13H,5-7,12H2,1-4H3. The molecule has 1 rings (SSSR count). The van der Waals surface area contributed by atoms with E-state index < -0.39 is 10.1 Å². The lowest BCUT2D eigenvalue weighted by Crippen LogP contribution is -2.36. The molecular formula is C16H25NO4S. The van der Waals surface area contributed by atoms with Crippen LogP contribution in [0.25, 0.3) is 0 Å². The Morgan fingerprint density at radius 3 is 2.23 bits per heavy atom. The zero-order valence-corrected chi connectivity index (χ0v) is 14.5. The predicted molar refractivity (Wildman–Crippen MR) is 87.1 cm³/mol. The van der Waals surface area contributed by atoms with Gasteiger partial charge in [0.25, 0.3) is 0 Å². The number of carbonyl (C=O) groups is 1. The molecular weight excluding hydrogens is 302 g/mol. The summed E-state index contributed by atoms with van der Waals surface area (Å²) in [4.78, 5) is 13.9. The molecule has 0 fully saturated rings. The molecule has 0 unspecified atom stereocenters. The van der Waals surface area contributed by atoms with Gasteiger partial charge in [-0.25, -0.2) is 0 Å². The van der Waals surface area contributed by atoms with E-state index in [-0.39, 0.29) is 17.7 Å². The second-order valence-electron chi connectivity index (χ2n) is 5.44. The number of benzene rings is 1. The molecule has 0 saturated heterocycles. The molecule has 0 spiro atoms. The van der Waals surface area contributed by atoms with Gasteiger partial charge in [0.1, 0.15) is 5.75 Å². The maximum absolute atomic E-state index is 12.1. The van der Waals surface area contributed by atoms with Gasteiger partial charge >= 0.3 is 10.1 Å². The normalized spacial score (nSPS) is 11.5. The lowest BCUT2D eigenvalue weighted by Gasteiger charge is -2.27. The van der Waals surface area contributed by atoms with E-state index >= 15 is 0 Å². The van der Waals surface area contributed by atoms with Crippen molar-refractivity contribution < 1.29 is 17.4 Å². The summed E-state index contributed by atoms with van der Waals surface area (Å²) < 4.78 is 27.7. The molecule has 0 radical (unpaired) electrons. The van der Waals surface area contributed by atoms with Crippen molar-refractivity contribution in [3.8, 4) is 5.75 Å². The smallest absolute Gasteiger partial charge is 0.308 e. The van der Waals surface area contributed by atoms with Gasteiger partial charge in [-0.3, -0.25) is 4.79 Å². The first kappa shape index (κ1) is 18.5. The number of hydrogen-bond acceptors (Lipinski definition) is 4. The van der Waals surface area contributed by atoms with Gasteiger partial charge in [-0.15, -0.1) is 0 Å². The molecule has 6 heteroatoms. The van der Waals surface area contributed by atoms with Gasteiger partial charge in [0.05, 0.1) is 5.75 Å². The summed E-state index contributed by atoms with van der Waals surface area (Å²) in [5.74, 6) is 0.356. The van der Waals surface area contributed by atoms with Gasteiger partial charge in [0.15, 0.2) is 0 Å². The SMILES string of the molecule is CCCC(=O)N(Cc1ccc(OS(=O)(=O)CC)cc1)C(C)C. The first-order valence-electron chi connectivity index (χ1n) is 7.59. The second-order valence-corrected chi connectivity index (χ2v) is 7.30. The Kier molecular flexibility index (Phi) is 6.87. The Morgan fingerprint density at radius 2 is 1.77 bits per heavy atom. The van der Waals surface area contributed by atoms with Crippen molar-refractivity contribution >= 4 is 16.0 Å². The van der Waals surface area contributed by atoms with Crippen LogP contribution in [0.5, 0.6) is 5.75 Å². The summed E-state index contributed by atoms with van der Waals surface area (Å²) in [7, 11) is -3.51. The van der Waals surface area contributed by atoms with E-state index in [0.29, 0.717) is 18.7 Å². The zero-order valence-electron chi connectivity index (χ0n) is 13.7. The average molecular weight is 327 g/mol. The quantitative estimate of drug-likeness (QED) is 0.689. The average Bonchev–Trinajstić information content (AvgIpc) is 2.46. The van der Waals surface area contributed by atoms with Crippen LogP contribution in [0.4, 0.5) is 0 Å². The van der Waals surface area contributed by atoms with E-state index in [1.807, 2.05) is 25.7 Å².